The fraction of sp³-hybridized carbons (Fsp3) is 0.462. The van der Waals surface area contributed by atoms with Gasteiger partial charge in [-0.05, 0) is 30.5 Å². The molecule has 21 heavy (non-hydrogen) atoms. The summed E-state index contributed by atoms with van der Waals surface area (Å²) in [7, 11) is 0. The van der Waals surface area contributed by atoms with Gasteiger partial charge in [-0.15, -0.1) is 12.4 Å². The Bertz CT molecular complexity index is 511. The smallest absolute Gasteiger partial charge is 0.324 e. The predicted octanol–water partition coefficient (Wildman–Crippen LogP) is 3.10. The lowest BCUT2D eigenvalue weighted by molar-refractivity contribution is -0.123. The molecule has 2 rings (SSSR count). The summed E-state index contributed by atoms with van der Waals surface area (Å²) < 4.78 is 49.6. The number of carbonyl (C=O) groups is 1. The average Bonchev–Trinajstić information content (AvgIpc) is 2.44. The fourth-order valence-corrected chi connectivity index (χ4v) is 2.09. The Morgan fingerprint density at radius 3 is 2.76 bits per heavy atom. The van der Waals surface area contributed by atoms with Crippen LogP contribution >= 0.6 is 12.4 Å². The van der Waals surface area contributed by atoms with Crippen LogP contribution in [0.15, 0.2) is 18.2 Å². The van der Waals surface area contributed by atoms with Crippen molar-refractivity contribution in [1.82, 2.24) is 5.32 Å². The third-order valence-electron chi connectivity index (χ3n) is 3.14. The lowest BCUT2D eigenvalue weighted by atomic mass is 9.97. The molecule has 0 spiro atoms. The van der Waals surface area contributed by atoms with E-state index >= 15 is 0 Å². The molecule has 0 aromatic heterocycles. The first-order valence-corrected chi connectivity index (χ1v) is 6.22. The zero-order chi connectivity index (χ0) is 14.8. The highest BCUT2D eigenvalue weighted by molar-refractivity contribution is 5.97. The molecule has 1 heterocycles. The van der Waals surface area contributed by atoms with E-state index in [0.717, 1.165) is 24.2 Å². The summed E-state index contributed by atoms with van der Waals surface area (Å²) in [4.78, 5) is 11.9. The number of amides is 1. The van der Waals surface area contributed by atoms with Crippen molar-refractivity contribution in [2.75, 3.05) is 18.4 Å². The van der Waals surface area contributed by atoms with Crippen LogP contribution < -0.4 is 10.6 Å². The van der Waals surface area contributed by atoms with Gasteiger partial charge in [0.15, 0.2) is 0 Å². The number of halogens is 5. The molecule has 1 aromatic carbocycles. The molecule has 0 aliphatic carbocycles. The normalized spacial score (nSPS) is 14.0. The van der Waals surface area contributed by atoms with Crippen molar-refractivity contribution in [3.8, 4) is 0 Å². The van der Waals surface area contributed by atoms with Gasteiger partial charge >= 0.3 is 12.3 Å². The lowest BCUT2D eigenvalue weighted by Crippen LogP contribution is -2.41. The quantitative estimate of drug-likeness (QED) is 0.835. The van der Waals surface area contributed by atoms with Gasteiger partial charge in [0.1, 0.15) is 0 Å². The van der Waals surface area contributed by atoms with Crippen LogP contribution in [0.1, 0.15) is 22.3 Å². The van der Waals surface area contributed by atoms with Crippen LogP contribution in [0.2, 0.25) is 0 Å². The maximum absolute atomic E-state index is 12.8. The topological polar surface area (TPSA) is 41.1 Å². The Hall–Kier alpha value is -1.50. The van der Waals surface area contributed by atoms with Crippen LogP contribution in [0.25, 0.3) is 0 Å². The van der Waals surface area contributed by atoms with E-state index in [-0.39, 0.29) is 18.0 Å². The van der Waals surface area contributed by atoms with Gasteiger partial charge in [0.25, 0.3) is 5.91 Å². The largest absolute Gasteiger partial charge is 0.385 e. The van der Waals surface area contributed by atoms with Gasteiger partial charge in [-0.25, -0.2) is 8.78 Å². The zero-order valence-corrected chi connectivity index (χ0v) is 11.8. The van der Waals surface area contributed by atoms with E-state index in [9.17, 15) is 22.4 Å². The van der Waals surface area contributed by atoms with Gasteiger partial charge in [-0.3, -0.25) is 4.79 Å². The molecule has 1 aliphatic heterocycles. The van der Waals surface area contributed by atoms with Crippen LogP contribution in [0.4, 0.5) is 23.2 Å². The summed E-state index contributed by atoms with van der Waals surface area (Å²) in [5.41, 5.74) is 1.76. The van der Waals surface area contributed by atoms with Crippen LogP contribution in [0, 0.1) is 0 Å². The van der Waals surface area contributed by atoms with E-state index in [1.54, 1.807) is 12.1 Å². The van der Waals surface area contributed by atoms with Crippen molar-refractivity contribution in [1.29, 1.82) is 0 Å². The Kier molecular flexibility index (Phi) is 5.83. The van der Waals surface area contributed by atoms with Gasteiger partial charge in [0.05, 0.1) is 6.54 Å². The van der Waals surface area contributed by atoms with E-state index in [2.05, 4.69) is 5.32 Å². The Labute approximate surface area is 125 Å². The molecule has 0 fully saturated rings. The first-order valence-electron chi connectivity index (χ1n) is 6.22. The molecule has 3 nitrogen and oxygen atoms in total. The maximum atomic E-state index is 12.8. The minimum Gasteiger partial charge on any atom is -0.385 e. The van der Waals surface area contributed by atoms with Crippen LogP contribution in [0.5, 0.6) is 0 Å². The number of fused-ring (bicyclic) bond motifs is 1. The SMILES string of the molecule is Cl.O=C(NCC(F)(F)C(F)F)c1cccc2c1CCCN2. The van der Waals surface area contributed by atoms with Crippen LogP contribution in [-0.2, 0) is 6.42 Å². The minimum absolute atomic E-state index is 0. The monoisotopic (exact) mass is 326 g/mol. The standard InChI is InChI=1S/C13H14F4N2O.ClH/c14-12(15)13(16,17)7-19-11(20)9-3-1-5-10-8(9)4-2-6-18-10;/h1,3,5,12,18H,2,4,6-7H2,(H,19,20);1H. The highest BCUT2D eigenvalue weighted by Crippen LogP contribution is 2.26. The van der Waals surface area contributed by atoms with Gasteiger partial charge in [0.2, 0.25) is 0 Å². The summed E-state index contributed by atoms with van der Waals surface area (Å²) in [6.07, 6.45) is -2.32. The molecule has 0 saturated carbocycles. The van der Waals surface area contributed by atoms with E-state index in [1.165, 1.54) is 6.07 Å². The molecule has 118 valence electrons. The van der Waals surface area contributed by atoms with Crippen molar-refractivity contribution in [2.24, 2.45) is 0 Å². The van der Waals surface area contributed by atoms with Gasteiger partial charge < -0.3 is 10.6 Å². The number of benzene rings is 1. The van der Waals surface area contributed by atoms with E-state index in [1.807, 2.05) is 5.32 Å². The number of rotatable bonds is 4. The summed E-state index contributed by atoms with van der Waals surface area (Å²) >= 11 is 0. The molecule has 0 atom stereocenters. The van der Waals surface area contributed by atoms with Crippen molar-refractivity contribution < 1.29 is 22.4 Å². The second-order valence-corrected chi connectivity index (χ2v) is 4.61. The number of hydrogen-bond donors (Lipinski definition) is 2. The molecule has 2 N–H and O–H groups in total. The van der Waals surface area contributed by atoms with Crippen molar-refractivity contribution in [3.05, 3.63) is 29.3 Å². The van der Waals surface area contributed by atoms with E-state index in [0.29, 0.717) is 6.42 Å². The van der Waals surface area contributed by atoms with Crippen molar-refractivity contribution in [3.63, 3.8) is 0 Å². The molecule has 0 bridgehead atoms. The Morgan fingerprint density at radius 2 is 2.10 bits per heavy atom. The van der Waals surface area contributed by atoms with Gasteiger partial charge in [-0.1, -0.05) is 6.07 Å². The summed E-state index contributed by atoms with van der Waals surface area (Å²) in [6, 6.07) is 4.91. The summed E-state index contributed by atoms with van der Waals surface area (Å²) in [5.74, 6) is -4.98. The number of anilines is 1. The zero-order valence-electron chi connectivity index (χ0n) is 11.0. The highest BCUT2D eigenvalue weighted by atomic mass is 35.5. The third kappa shape index (κ3) is 4.00. The Morgan fingerprint density at radius 1 is 1.38 bits per heavy atom. The van der Waals surface area contributed by atoms with Gasteiger partial charge in [0, 0.05) is 17.8 Å². The fourth-order valence-electron chi connectivity index (χ4n) is 2.09. The number of nitrogens with one attached hydrogen (secondary N) is 2. The average molecular weight is 327 g/mol. The molecular formula is C13H15ClF4N2O. The number of hydrogen-bond acceptors (Lipinski definition) is 2. The summed E-state index contributed by atoms with van der Waals surface area (Å²) in [6.45, 7) is -0.595. The van der Waals surface area contributed by atoms with E-state index in [4.69, 9.17) is 0 Å². The Balaban J connectivity index is 0.00000220. The molecule has 1 aromatic rings. The predicted molar refractivity (Wildman–Crippen MR) is 73.8 cm³/mol. The lowest BCUT2D eigenvalue weighted by Gasteiger charge is -2.21. The maximum Gasteiger partial charge on any atom is 0.324 e. The number of carbonyl (C=O) groups excluding carboxylic acids is 1. The molecule has 1 amide bonds. The second kappa shape index (κ2) is 6.98. The first kappa shape index (κ1) is 17.6. The van der Waals surface area contributed by atoms with Crippen LogP contribution in [-0.4, -0.2) is 31.3 Å². The van der Waals surface area contributed by atoms with Crippen molar-refractivity contribution >= 4 is 24.0 Å². The first-order chi connectivity index (χ1) is 9.42. The third-order valence-corrected chi connectivity index (χ3v) is 3.14. The second-order valence-electron chi connectivity index (χ2n) is 4.61. The molecule has 0 saturated heterocycles. The molecule has 1 aliphatic rings. The molecule has 0 unspecified atom stereocenters. The minimum atomic E-state index is -4.22. The van der Waals surface area contributed by atoms with E-state index < -0.39 is 24.8 Å². The highest BCUT2D eigenvalue weighted by Gasteiger charge is 2.41. The van der Waals surface area contributed by atoms with Crippen molar-refractivity contribution in [2.45, 2.75) is 25.2 Å². The van der Waals surface area contributed by atoms with Crippen LogP contribution in [0.3, 0.4) is 0 Å². The molecular weight excluding hydrogens is 312 g/mol. The van der Waals surface area contributed by atoms with Gasteiger partial charge in [-0.2, -0.15) is 8.78 Å². The molecule has 0 radical (unpaired) electrons. The summed E-state index contributed by atoms with van der Waals surface area (Å²) in [5, 5.41) is 4.97. The molecule has 8 heteroatoms. The number of alkyl halides is 4.